The van der Waals surface area contributed by atoms with Gasteiger partial charge in [-0.15, -0.1) is 13.2 Å². The van der Waals surface area contributed by atoms with Crippen LogP contribution in [0.1, 0.15) is 18.2 Å². The Hall–Kier alpha value is -2.77. The molecule has 2 aromatic rings. The number of hydrogen-bond acceptors (Lipinski definition) is 3. The topological polar surface area (TPSA) is 58.5 Å². The predicted octanol–water partition coefficient (Wildman–Crippen LogP) is 3.28. The average Bonchev–Trinajstić information content (AvgIpc) is 2.60. The number of rotatable bonds is 7. The van der Waals surface area contributed by atoms with Crippen molar-refractivity contribution in [3.63, 3.8) is 0 Å². The first-order valence-corrected chi connectivity index (χ1v) is 8.23. The van der Waals surface area contributed by atoms with Gasteiger partial charge in [0.2, 0.25) is 0 Å². The smallest absolute Gasteiger partial charge is 0.405 e. The Morgan fingerprint density at radius 1 is 1.12 bits per heavy atom. The summed E-state index contributed by atoms with van der Waals surface area (Å²) in [7, 11) is 0. The molecule has 0 saturated heterocycles. The SMILES string of the molecule is CCNC(=NCc1ccccc1OC(F)(F)F)NCCc1ccccn1. The Morgan fingerprint density at radius 3 is 2.58 bits per heavy atom. The Balaban J connectivity index is 1.98. The molecule has 0 aliphatic carbocycles. The summed E-state index contributed by atoms with van der Waals surface area (Å²) < 4.78 is 41.5. The second-order valence-corrected chi connectivity index (χ2v) is 5.35. The van der Waals surface area contributed by atoms with Crippen LogP contribution in [-0.4, -0.2) is 30.4 Å². The zero-order chi connectivity index (χ0) is 18.8. The summed E-state index contributed by atoms with van der Waals surface area (Å²) in [6.07, 6.45) is -2.30. The van der Waals surface area contributed by atoms with Gasteiger partial charge in [0.05, 0.1) is 6.54 Å². The molecule has 0 fully saturated rings. The molecular weight excluding hydrogens is 345 g/mol. The van der Waals surface area contributed by atoms with Crippen molar-refractivity contribution in [2.75, 3.05) is 13.1 Å². The van der Waals surface area contributed by atoms with Crippen molar-refractivity contribution in [1.82, 2.24) is 15.6 Å². The Morgan fingerprint density at radius 2 is 1.88 bits per heavy atom. The number of guanidine groups is 1. The maximum atomic E-state index is 12.5. The van der Waals surface area contributed by atoms with E-state index in [1.54, 1.807) is 18.3 Å². The number of pyridine rings is 1. The number of halogens is 3. The first-order chi connectivity index (χ1) is 12.5. The van der Waals surface area contributed by atoms with E-state index in [1.165, 1.54) is 12.1 Å². The second-order valence-electron chi connectivity index (χ2n) is 5.35. The molecule has 0 saturated carbocycles. The standard InChI is InChI=1S/C18H21F3N4O/c1-2-22-17(24-12-10-15-8-5-6-11-23-15)25-13-14-7-3-4-9-16(14)26-18(19,20)21/h3-9,11H,2,10,12-13H2,1H3,(H2,22,24,25). The average molecular weight is 366 g/mol. The van der Waals surface area contributed by atoms with E-state index in [4.69, 9.17) is 0 Å². The zero-order valence-corrected chi connectivity index (χ0v) is 14.4. The minimum absolute atomic E-state index is 0.0607. The molecule has 0 atom stereocenters. The van der Waals surface area contributed by atoms with Crippen LogP contribution in [0.15, 0.2) is 53.7 Å². The molecule has 0 unspecified atom stereocenters. The molecule has 2 N–H and O–H groups in total. The van der Waals surface area contributed by atoms with Crippen molar-refractivity contribution in [3.05, 3.63) is 59.9 Å². The molecule has 140 valence electrons. The minimum atomic E-state index is -4.73. The predicted molar refractivity (Wildman–Crippen MR) is 93.9 cm³/mol. The molecule has 2 rings (SSSR count). The van der Waals surface area contributed by atoms with Crippen LogP contribution >= 0.6 is 0 Å². The molecule has 1 aromatic heterocycles. The van der Waals surface area contributed by atoms with Crippen molar-refractivity contribution in [1.29, 1.82) is 0 Å². The lowest BCUT2D eigenvalue weighted by Crippen LogP contribution is -2.38. The number of hydrogen-bond donors (Lipinski definition) is 2. The summed E-state index contributed by atoms with van der Waals surface area (Å²) >= 11 is 0. The molecule has 0 spiro atoms. The number of nitrogens with one attached hydrogen (secondary N) is 2. The molecule has 0 aliphatic heterocycles. The van der Waals surface area contributed by atoms with Crippen molar-refractivity contribution in [2.45, 2.75) is 26.3 Å². The van der Waals surface area contributed by atoms with Crippen LogP contribution < -0.4 is 15.4 Å². The Labute approximate surface area is 150 Å². The van der Waals surface area contributed by atoms with Gasteiger partial charge in [0.25, 0.3) is 0 Å². The second kappa shape index (κ2) is 9.65. The van der Waals surface area contributed by atoms with Crippen molar-refractivity contribution >= 4 is 5.96 Å². The number of para-hydroxylation sites is 1. The highest BCUT2D eigenvalue weighted by Gasteiger charge is 2.31. The molecule has 8 heteroatoms. The molecule has 1 heterocycles. The highest BCUT2D eigenvalue weighted by Crippen LogP contribution is 2.26. The molecule has 0 aliphatic rings. The van der Waals surface area contributed by atoms with E-state index in [9.17, 15) is 13.2 Å². The summed E-state index contributed by atoms with van der Waals surface area (Å²) in [5, 5.41) is 6.21. The molecule has 0 bridgehead atoms. The summed E-state index contributed by atoms with van der Waals surface area (Å²) in [4.78, 5) is 8.57. The lowest BCUT2D eigenvalue weighted by molar-refractivity contribution is -0.274. The molecule has 1 aromatic carbocycles. The van der Waals surface area contributed by atoms with Gasteiger partial charge in [0.1, 0.15) is 5.75 Å². The minimum Gasteiger partial charge on any atom is -0.405 e. The third-order valence-electron chi connectivity index (χ3n) is 3.35. The lowest BCUT2D eigenvalue weighted by Gasteiger charge is -2.14. The van der Waals surface area contributed by atoms with Crippen LogP contribution in [0.2, 0.25) is 0 Å². The third kappa shape index (κ3) is 7.00. The fourth-order valence-electron chi connectivity index (χ4n) is 2.22. The Kier molecular flexibility index (Phi) is 7.25. The van der Waals surface area contributed by atoms with Gasteiger partial charge in [0, 0.05) is 37.0 Å². The van der Waals surface area contributed by atoms with E-state index in [0.29, 0.717) is 31.0 Å². The van der Waals surface area contributed by atoms with Gasteiger partial charge in [-0.05, 0) is 25.1 Å². The van der Waals surface area contributed by atoms with Gasteiger partial charge in [0.15, 0.2) is 5.96 Å². The van der Waals surface area contributed by atoms with E-state index < -0.39 is 6.36 Å². The van der Waals surface area contributed by atoms with Crippen LogP contribution in [-0.2, 0) is 13.0 Å². The molecule has 26 heavy (non-hydrogen) atoms. The van der Waals surface area contributed by atoms with Crippen molar-refractivity contribution in [3.8, 4) is 5.75 Å². The maximum Gasteiger partial charge on any atom is 0.573 e. The van der Waals surface area contributed by atoms with Gasteiger partial charge in [-0.25, -0.2) is 4.99 Å². The van der Waals surface area contributed by atoms with Crippen LogP contribution in [0.5, 0.6) is 5.75 Å². The van der Waals surface area contributed by atoms with Crippen molar-refractivity contribution < 1.29 is 17.9 Å². The van der Waals surface area contributed by atoms with E-state index in [1.807, 2.05) is 25.1 Å². The maximum absolute atomic E-state index is 12.5. The number of aromatic nitrogens is 1. The monoisotopic (exact) mass is 366 g/mol. The van der Waals surface area contributed by atoms with Gasteiger partial charge >= 0.3 is 6.36 Å². The van der Waals surface area contributed by atoms with Gasteiger partial charge in [-0.1, -0.05) is 24.3 Å². The first-order valence-electron chi connectivity index (χ1n) is 8.23. The normalized spacial score (nSPS) is 11.9. The van der Waals surface area contributed by atoms with E-state index >= 15 is 0 Å². The number of benzene rings is 1. The summed E-state index contributed by atoms with van der Waals surface area (Å²) in [6, 6.07) is 11.7. The number of ether oxygens (including phenoxy) is 1. The van der Waals surface area contributed by atoms with Gasteiger partial charge < -0.3 is 15.4 Å². The van der Waals surface area contributed by atoms with Gasteiger partial charge in [-0.3, -0.25) is 4.98 Å². The fourth-order valence-corrected chi connectivity index (χ4v) is 2.22. The lowest BCUT2D eigenvalue weighted by atomic mass is 10.2. The van der Waals surface area contributed by atoms with E-state index in [-0.39, 0.29) is 12.3 Å². The zero-order valence-electron chi connectivity index (χ0n) is 14.4. The molecular formula is C18H21F3N4O. The highest BCUT2D eigenvalue weighted by molar-refractivity contribution is 5.79. The largest absolute Gasteiger partial charge is 0.573 e. The van der Waals surface area contributed by atoms with Crippen LogP contribution in [0.25, 0.3) is 0 Å². The Bertz CT molecular complexity index is 705. The quantitative estimate of drug-likeness (QED) is 0.583. The summed E-state index contributed by atoms with van der Waals surface area (Å²) in [5.74, 6) is 0.276. The van der Waals surface area contributed by atoms with Crippen molar-refractivity contribution in [2.24, 2.45) is 4.99 Å². The summed E-state index contributed by atoms with van der Waals surface area (Å²) in [6.45, 7) is 3.21. The van der Waals surface area contributed by atoms with E-state index in [2.05, 4.69) is 25.3 Å². The molecule has 0 amide bonds. The number of nitrogens with zero attached hydrogens (tertiary/aromatic N) is 2. The van der Waals surface area contributed by atoms with E-state index in [0.717, 1.165) is 5.69 Å². The number of alkyl halides is 3. The fraction of sp³-hybridized carbons (Fsp3) is 0.333. The molecule has 5 nitrogen and oxygen atoms in total. The third-order valence-corrected chi connectivity index (χ3v) is 3.35. The summed E-state index contributed by atoms with van der Waals surface area (Å²) in [5.41, 5.74) is 1.30. The first kappa shape index (κ1) is 19.6. The molecule has 0 radical (unpaired) electrons. The highest BCUT2D eigenvalue weighted by atomic mass is 19.4. The van der Waals surface area contributed by atoms with Crippen LogP contribution in [0.3, 0.4) is 0 Å². The van der Waals surface area contributed by atoms with Gasteiger partial charge in [-0.2, -0.15) is 0 Å². The van der Waals surface area contributed by atoms with Crippen LogP contribution in [0.4, 0.5) is 13.2 Å². The number of aliphatic imine (C=N–C) groups is 1. The van der Waals surface area contributed by atoms with Crippen LogP contribution in [0, 0.1) is 0 Å².